The maximum atomic E-state index is 12.2. The van der Waals surface area contributed by atoms with E-state index in [2.05, 4.69) is 5.32 Å². The molecule has 0 aliphatic carbocycles. The van der Waals surface area contributed by atoms with Gasteiger partial charge >= 0.3 is 5.97 Å². The molecule has 21 heavy (non-hydrogen) atoms. The van der Waals surface area contributed by atoms with Gasteiger partial charge in [-0.3, -0.25) is 4.79 Å². The molecule has 0 bridgehead atoms. The van der Waals surface area contributed by atoms with Crippen LogP contribution in [0.4, 0.5) is 5.69 Å². The monoisotopic (exact) mass is 312 g/mol. The zero-order chi connectivity index (χ0) is 16.2. The highest BCUT2D eigenvalue weighted by Crippen LogP contribution is 2.25. The van der Waals surface area contributed by atoms with Crippen LogP contribution in [-0.2, 0) is 4.79 Å². The van der Waals surface area contributed by atoms with Crippen LogP contribution in [0.25, 0.3) is 0 Å². The fourth-order valence-electron chi connectivity index (χ4n) is 2.05. The molecule has 5 nitrogen and oxygen atoms in total. The fourth-order valence-corrected chi connectivity index (χ4v) is 2.29. The summed E-state index contributed by atoms with van der Waals surface area (Å²) < 4.78 is 0. The summed E-state index contributed by atoms with van der Waals surface area (Å²) >= 11 is 5.86. The lowest BCUT2D eigenvalue weighted by molar-refractivity contribution is -0.120. The van der Waals surface area contributed by atoms with Gasteiger partial charge in [-0.25, -0.2) is 4.79 Å². The Kier molecular flexibility index (Phi) is 5.75. The second kappa shape index (κ2) is 6.91. The molecule has 1 rings (SSSR count). The predicted molar refractivity (Wildman–Crippen MR) is 83.7 cm³/mol. The Morgan fingerprint density at radius 1 is 1.33 bits per heavy atom. The molecular formula is C15H21ClN2O3. The Balaban J connectivity index is 2.89. The van der Waals surface area contributed by atoms with E-state index in [1.807, 2.05) is 20.8 Å². The van der Waals surface area contributed by atoms with E-state index in [9.17, 15) is 9.59 Å². The quantitative estimate of drug-likeness (QED) is 0.779. The molecule has 0 heterocycles. The van der Waals surface area contributed by atoms with Gasteiger partial charge in [-0.05, 0) is 30.0 Å². The average molecular weight is 313 g/mol. The molecule has 0 radical (unpaired) electrons. The highest BCUT2D eigenvalue weighted by Gasteiger charge is 2.24. The lowest BCUT2D eigenvalue weighted by Crippen LogP contribution is -2.32. The molecule has 1 atom stereocenters. The highest BCUT2D eigenvalue weighted by molar-refractivity contribution is 6.31. The number of nitrogens with one attached hydrogen (secondary N) is 1. The molecule has 0 aromatic heterocycles. The Morgan fingerprint density at radius 3 is 2.43 bits per heavy atom. The van der Waals surface area contributed by atoms with Crippen LogP contribution in [-0.4, -0.2) is 23.5 Å². The van der Waals surface area contributed by atoms with Crippen molar-refractivity contribution >= 4 is 29.2 Å². The first kappa shape index (κ1) is 17.5. The van der Waals surface area contributed by atoms with E-state index in [1.54, 1.807) is 0 Å². The average Bonchev–Trinajstić information content (AvgIpc) is 2.33. The summed E-state index contributed by atoms with van der Waals surface area (Å²) in [7, 11) is 0. The molecule has 116 valence electrons. The van der Waals surface area contributed by atoms with Crippen LogP contribution in [0.15, 0.2) is 18.2 Å². The number of hydrogen-bond donors (Lipinski definition) is 3. The van der Waals surface area contributed by atoms with Gasteiger partial charge in [-0.2, -0.15) is 0 Å². The number of rotatable bonds is 5. The fraction of sp³-hybridized carbons (Fsp3) is 0.467. The number of amides is 1. The molecule has 0 spiro atoms. The molecular weight excluding hydrogens is 292 g/mol. The van der Waals surface area contributed by atoms with Crippen molar-refractivity contribution < 1.29 is 14.7 Å². The summed E-state index contributed by atoms with van der Waals surface area (Å²) in [6.07, 6.45) is 0.641. The van der Waals surface area contributed by atoms with Gasteiger partial charge in [0.05, 0.1) is 11.5 Å². The maximum absolute atomic E-state index is 12.2. The summed E-state index contributed by atoms with van der Waals surface area (Å²) in [6.45, 7) is 6.33. The van der Waals surface area contributed by atoms with Gasteiger partial charge < -0.3 is 16.2 Å². The first-order valence-corrected chi connectivity index (χ1v) is 7.05. The lowest BCUT2D eigenvalue weighted by atomic mass is 9.84. The maximum Gasteiger partial charge on any atom is 0.335 e. The van der Waals surface area contributed by atoms with Crippen molar-refractivity contribution in [3.8, 4) is 0 Å². The zero-order valence-corrected chi connectivity index (χ0v) is 13.2. The summed E-state index contributed by atoms with van der Waals surface area (Å²) in [5.41, 5.74) is 6.02. The third-order valence-electron chi connectivity index (χ3n) is 2.93. The molecule has 1 aromatic carbocycles. The normalized spacial score (nSPS) is 12.8. The predicted octanol–water partition coefficient (Wildman–Crippen LogP) is 2.99. The van der Waals surface area contributed by atoms with E-state index < -0.39 is 5.97 Å². The Bertz CT molecular complexity index is 538. The minimum Gasteiger partial charge on any atom is -0.478 e. The van der Waals surface area contributed by atoms with E-state index >= 15 is 0 Å². The van der Waals surface area contributed by atoms with Crippen molar-refractivity contribution in [3.63, 3.8) is 0 Å². The number of aromatic carboxylic acids is 1. The summed E-state index contributed by atoms with van der Waals surface area (Å²) in [6, 6.07) is 4.21. The number of halogens is 1. The van der Waals surface area contributed by atoms with Crippen molar-refractivity contribution in [2.24, 2.45) is 17.1 Å². The number of carboxylic acids is 1. The van der Waals surface area contributed by atoms with Crippen LogP contribution in [0.5, 0.6) is 0 Å². The Morgan fingerprint density at radius 2 is 1.95 bits per heavy atom. The minimum atomic E-state index is -1.10. The Hall–Kier alpha value is -1.59. The van der Waals surface area contributed by atoms with Gasteiger partial charge in [-0.1, -0.05) is 32.4 Å². The van der Waals surface area contributed by atoms with Gasteiger partial charge in [0, 0.05) is 17.3 Å². The van der Waals surface area contributed by atoms with Crippen LogP contribution < -0.4 is 11.1 Å². The van der Waals surface area contributed by atoms with Gasteiger partial charge in [-0.15, -0.1) is 0 Å². The molecule has 6 heteroatoms. The van der Waals surface area contributed by atoms with Crippen LogP contribution in [0.1, 0.15) is 37.6 Å². The van der Waals surface area contributed by atoms with E-state index in [0.29, 0.717) is 12.1 Å². The minimum absolute atomic E-state index is 0.0259. The Labute approximate surface area is 129 Å². The van der Waals surface area contributed by atoms with Gasteiger partial charge in [0.2, 0.25) is 5.91 Å². The molecule has 0 fully saturated rings. The third kappa shape index (κ3) is 5.73. The van der Waals surface area contributed by atoms with Gasteiger partial charge in [0.25, 0.3) is 0 Å². The molecule has 0 aliphatic rings. The number of hydrogen-bond acceptors (Lipinski definition) is 3. The standard InChI is InChI=1S/C15H21ClN2O3/c1-15(2,3)7-10(8-17)13(19)18-12-5-9(14(20)21)4-11(16)6-12/h4-6,10H,7-8,17H2,1-3H3,(H,18,19)(H,20,21). The molecule has 0 aliphatic heterocycles. The third-order valence-corrected chi connectivity index (χ3v) is 3.14. The van der Waals surface area contributed by atoms with Gasteiger partial charge in [0.15, 0.2) is 0 Å². The largest absolute Gasteiger partial charge is 0.478 e. The lowest BCUT2D eigenvalue weighted by Gasteiger charge is -2.24. The number of carbonyl (C=O) groups excluding carboxylic acids is 1. The smallest absolute Gasteiger partial charge is 0.335 e. The van der Waals surface area contributed by atoms with Crippen LogP contribution >= 0.6 is 11.6 Å². The number of carboxylic acid groups (broad SMARTS) is 1. The van der Waals surface area contributed by atoms with E-state index in [-0.39, 0.29) is 34.4 Å². The molecule has 0 saturated heterocycles. The molecule has 4 N–H and O–H groups in total. The van der Waals surface area contributed by atoms with E-state index in [0.717, 1.165) is 0 Å². The second-order valence-electron chi connectivity index (χ2n) is 6.22. The molecule has 0 saturated carbocycles. The van der Waals surface area contributed by atoms with Crippen LogP contribution in [0.2, 0.25) is 5.02 Å². The number of carbonyl (C=O) groups is 2. The van der Waals surface area contributed by atoms with Crippen LogP contribution in [0, 0.1) is 11.3 Å². The number of nitrogens with two attached hydrogens (primary N) is 1. The number of anilines is 1. The molecule has 1 unspecified atom stereocenters. The summed E-state index contributed by atoms with van der Waals surface area (Å²) in [5, 5.41) is 11.9. The number of benzene rings is 1. The van der Waals surface area contributed by atoms with Crippen molar-refractivity contribution in [1.82, 2.24) is 0 Å². The molecule has 1 amide bonds. The van der Waals surface area contributed by atoms with Crippen LogP contribution in [0.3, 0.4) is 0 Å². The first-order chi connectivity index (χ1) is 9.62. The SMILES string of the molecule is CC(C)(C)CC(CN)C(=O)Nc1cc(Cl)cc(C(=O)O)c1. The second-order valence-corrected chi connectivity index (χ2v) is 6.66. The summed E-state index contributed by atoms with van der Waals surface area (Å²) in [4.78, 5) is 23.2. The van der Waals surface area contributed by atoms with E-state index in [1.165, 1.54) is 18.2 Å². The van der Waals surface area contributed by atoms with Crippen molar-refractivity contribution in [3.05, 3.63) is 28.8 Å². The van der Waals surface area contributed by atoms with E-state index in [4.69, 9.17) is 22.4 Å². The first-order valence-electron chi connectivity index (χ1n) is 6.67. The van der Waals surface area contributed by atoms with Crippen molar-refractivity contribution in [1.29, 1.82) is 0 Å². The summed E-state index contributed by atoms with van der Waals surface area (Å²) in [5.74, 6) is -1.67. The topological polar surface area (TPSA) is 92.4 Å². The van der Waals surface area contributed by atoms with Crippen molar-refractivity contribution in [2.45, 2.75) is 27.2 Å². The van der Waals surface area contributed by atoms with Gasteiger partial charge in [0.1, 0.15) is 0 Å². The highest BCUT2D eigenvalue weighted by atomic mass is 35.5. The zero-order valence-electron chi connectivity index (χ0n) is 12.4. The molecule has 1 aromatic rings. The van der Waals surface area contributed by atoms with Crippen molar-refractivity contribution in [2.75, 3.05) is 11.9 Å².